The maximum absolute atomic E-state index is 14.3. The zero-order chi connectivity index (χ0) is 22.8. The molecule has 2 aromatic heterocycles. The van der Waals surface area contributed by atoms with Gasteiger partial charge >= 0.3 is 0 Å². The largest absolute Gasteiger partial charge is 0.496 e. The Bertz CT molecular complexity index is 1300. The lowest BCUT2D eigenvalue weighted by Gasteiger charge is -2.16. The Kier molecular flexibility index (Phi) is 5.64. The number of methoxy groups -OCH3 is 1. The highest BCUT2D eigenvalue weighted by molar-refractivity contribution is 5.95. The second-order valence-electron chi connectivity index (χ2n) is 8.01. The van der Waals surface area contributed by atoms with Crippen molar-refractivity contribution in [2.45, 2.75) is 19.4 Å². The molecule has 0 bridgehead atoms. The van der Waals surface area contributed by atoms with Gasteiger partial charge in [0.1, 0.15) is 23.7 Å². The van der Waals surface area contributed by atoms with E-state index in [1.165, 1.54) is 13.2 Å². The summed E-state index contributed by atoms with van der Waals surface area (Å²) >= 11 is 0. The van der Waals surface area contributed by atoms with Crippen molar-refractivity contribution < 1.29 is 13.9 Å². The molecule has 1 saturated heterocycles. The smallest absolute Gasteiger partial charge is 0.253 e. The van der Waals surface area contributed by atoms with E-state index >= 15 is 0 Å². The Morgan fingerprint density at radius 2 is 1.88 bits per heavy atom. The summed E-state index contributed by atoms with van der Waals surface area (Å²) in [5.41, 5.74) is 3.63. The Balaban J connectivity index is 1.40. The van der Waals surface area contributed by atoms with Crippen molar-refractivity contribution in [3.8, 4) is 16.9 Å². The fraction of sp³-hybridized carbons (Fsp3) is 0.240. The van der Waals surface area contributed by atoms with Gasteiger partial charge in [0.25, 0.3) is 5.91 Å². The predicted molar refractivity (Wildman–Crippen MR) is 124 cm³/mol. The van der Waals surface area contributed by atoms with Crippen LogP contribution < -0.4 is 10.1 Å². The molecule has 1 fully saturated rings. The highest BCUT2D eigenvalue weighted by atomic mass is 19.1. The number of likely N-dealkylation sites (tertiary alicyclic amines) is 1. The summed E-state index contributed by atoms with van der Waals surface area (Å²) in [6.07, 6.45) is 3.75. The molecular formula is C25H24FN5O2. The summed E-state index contributed by atoms with van der Waals surface area (Å²) in [5.74, 6) is 0.962. The Hall–Kier alpha value is -3.94. The maximum atomic E-state index is 14.3. The predicted octanol–water partition coefficient (Wildman–Crippen LogP) is 4.39. The van der Waals surface area contributed by atoms with E-state index in [-0.39, 0.29) is 18.3 Å². The van der Waals surface area contributed by atoms with Crippen LogP contribution in [0.25, 0.3) is 16.8 Å². The summed E-state index contributed by atoms with van der Waals surface area (Å²) in [6, 6.07) is 16.2. The van der Waals surface area contributed by atoms with Crippen LogP contribution in [0.4, 0.5) is 10.2 Å². The number of rotatable bonds is 6. The van der Waals surface area contributed by atoms with Gasteiger partial charge in [0.15, 0.2) is 5.65 Å². The third kappa shape index (κ3) is 4.00. The van der Waals surface area contributed by atoms with Gasteiger partial charge < -0.3 is 15.0 Å². The van der Waals surface area contributed by atoms with E-state index < -0.39 is 0 Å². The molecule has 0 aliphatic carbocycles. The number of carbonyl (C=O) groups is 1. The summed E-state index contributed by atoms with van der Waals surface area (Å²) < 4.78 is 21.4. The number of carbonyl (C=O) groups excluding carboxylic acids is 1. The number of fused-ring (bicyclic) bond motifs is 1. The van der Waals surface area contributed by atoms with Crippen LogP contribution in [-0.4, -0.2) is 45.6 Å². The van der Waals surface area contributed by atoms with Crippen LogP contribution in [0, 0.1) is 5.82 Å². The number of halogens is 1. The van der Waals surface area contributed by atoms with Gasteiger partial charge in [0.05, 0.1) is 7.11 Å². The van der Waals surface area contributed by atoms with Gasteiger partial charge in [-0.05, 0) is 54.8 Å². The lowest BCUT2D eigenvalue weighted by atomic mass is 10.0. The Labute approximate surface area is 190 Å². The van der Waals surface area contributed by atoms with Crippen molar-refractivity contribution in [1.82, 2.24) is 19.5 Å². The van der Waals surface area contributed by atoms with Crippen molar-refractivity contribution in [2.75, 3.05) is 25.5 Å². The van der Waals surface area contributed by atoms with Crippen LogP contribution in [0.5, 0.6) is 5.75 Å². The van der Waals surface area contributed by atoms with E-state index in [1.54, 1.807) is 18.5 Å². The first-order valence-corrected chi connectivity index (χ1v) is 10.9. The number of pyridine rings is 1. The first kappa shape index (κ1) is 20.9. The topological polar surface area (TPSA) is 71.8 Å². The van der Waals surface area contributed by atoms with E-state index in [0.717, 1.165) is 42.9 Å². The standard InChI is InChI=1S/C25H24FN5O2/c1-33-22-6-4-5-21(26)20(22)15-27-23-12-11-19(24-29-28-16-31(23)24)17-7-9-18(10-8-17)25(32)30-13-2-3-14-30/h4-12,16,27H,2-3,13-15H2,1H3. The minimum Gasteiger partial charge on any atom is -0.496 e. The number of nitrogens with one attached hydrogen (secondary N) is 1. The van der Waals surface area contributed by atoms with Gasteiger partial charge in [-0.1, -0.05) is 18.2 Å². The third-order valence-corrected chi connectivity index (χ3v) is 6.03. The number of aromatic nitrogens is 3. The van der Waals surface area contributed by atoms with Crippen LogP contribution in [0.3, 0.4) is 0 Å². The second-order valence-corrected chi connectivity index (χ2v) is 8.01. The molecule has 2 aromatic carbocycles. The quantitative estimate of drug-likeness (QED) is 0.477. The molecule has 0 spiro atoms. The normalized spacial score (nSPS) is 13.5. The van der Waals surface area contributed by atoms with Gasteiger partial charge in [-0.2, -0.15) is 0 Å². The van der Waals surface area contributed by atoms with Crippen LogP contribution >= 0.6 is 0 Å². The zero-order valence-electron chi connectivity index (χ0n) is 18.3. The summed E-state index contributed by atoms with van der Waals surface area (Å²) in [4.78, 5) is 14.5. The van der Waals surface area contributed by atoms with E-state index in [4.69, 9.17) is 4.74 Å². The molecule has 0 atom stereocenters. The van der Waals surface area contributed by atoms with Crippen molar-refractivity contribution in [1.29, 1.82) is 0 Å². The van der Waals surface area contributed by atoms with Gasteiger partial charge in [-0.3, -0.25) is 9.20 Å². The zero-order valence-corrected chi connectivity index (χ0v) is 18.3. The van der Waals surface area contributed by atoms with Crippen LogP contribution in [-0.2, 0) is 6.54 Å². The molecule has 3 heterocycles. The van der Waals surface area contributed by atoms with Crippen molar-refractivity contribution >= 4 is 17.4 Å². The van der Waals surface area contributed by atoms with Gasteiger partial charge in [0.2, 0.25) is 0 Å². The Morgan fingerprint density at radius 1 is 1.09 bits per heavy atom. The highest BCUT2D eigenvalue weighted by Gasteiger charge is 2.19. The monoisotopic (exact) mass is 445 g/mol. The van der Waals surface area contributed by atoms with Crippen molar-refractivity contribution in [3.05, 3.63) is 77.9 Å². The molecular weight excluding hydrogens is 421 g/mol. The lowest BCUT2D eigenvalue weighted by Crippen LogP contribution is -2.27. The van der Waals surface area contributed by atoms with Crippen LogP contribution in [0.15, 0.2) is 60.9 Å². The lowest BCUT2D eigenvalue weighted by molar-refractivity contribution is 0.0793. The first-order valence-electron chi connectivity index (χ1n) is 10.9. The highest BCUT2D eigenvalue weighted by Crippen LogP contribution is 2.28. The minimum absolute atomic E-state index is 0.0785. The average Bonchev–Trinajstić information content (AvgIpc) is 3.55. The van der Waals surface area contributed by atoms with Crippen LogP contribution in [0.2, 0.25) is 0 Å². The second kappa shape index (κ2) is 8.90. The molecule has 0 saturated carbocycles. The number of nitrogens with zero attached hydrogens (tertiary/aromatic N) is 4. The number of hydrogen-bond donors (Lipinski definition) is 1. The number of anilines is 1. The van der Waals surface area contributed by atoms with Gasteiger partial charge in [-0.25, -0.2) is 4.39 Å². The average molecular weight is 445 g/mol. The molecule has 1 amide bonds. The molecule has 5 rings (SSSR count). The third-order valence-electron chi connectivity index (χ3n) is 6.03. The van der Waals surface area contributed by atoms with E-state index in [0.29, 0.717) is 22.5 Å². The molecule has 0 radical (unpaired) electrons. The van der Waals surface area contributed by atoms with Crippen molar-refractivity contribution in [3.63, 3.8) is 0 Å². The number of benzene rings is 2. The molecule has 0 unspecified atom stereocenters. The maximum Gasteiger partial charge on any atom is 0.253 e. The summed E-state index contributed by atoms with van der Waals surface area (Å²) in [6.45, 7) is 1.90. The summed E-state index contributed by atoms with van der Waals surface area (Å²) in [7, 11) is 1.52. The molecule has 8 heteroatoms. The van der Waals surface area contributed by atoms with Gasteiger partial charge in [0, 0.05) is 36.3 Å². The van der Waals surface area contributed by atoms with Crippen molar-refractivity contribution in [2.24, 2.45) is 0 Å². The number of hydrogen-bond acceptors (Lipinski definition) is 5. The fourth-order valence-corrected chi connectivity index (χ4v) is 4.26. The molecule has 33 heavy (non-hydrogen) atoms. The molecule has 4 aromatic rings. The molecule has 1 N–H and O–H groups in total. The number of amides is 1. The molecule has 168 valence electrons. The molecule has 7 nitrogen and oxygen atoms in total. The molecule has 1 aliphatic heterocycles. The van der Waals surface area contributed by atoms with E-state index in [1.807, 2.05) is 45.7 Å². The van der Waals surface area contributed by atoms with E-state index in [9.17, 15) is 9.18 Å². The number of ether oxygens (including phenoxy) is 1. The first-order chi connectivity index (χ1) is 16.2. The minimum atomic E-state index is -0.331. The van der Waals surface area contributed by atoms with E-state index in [2.05, 4.69) is 15.5 Å². The Morgan fingerprint density at radius 3 is 2.64 bits per heavy atom. The van der Waals surface area contributed by atoms with Gasteiger partial charge in [-0.15, -0.1) is 10.2 Å². The fourth-order valence-electron chi connectivity index (χ4n) is 4.26. The molecule has 1 aliphatic rings. The summed E-state index contributed by atoms with van der Waals surface area (Å²) in [5, 5.41) is 11.6. The SMILES string of the molecule is COc1cccc(F)c1CNc1ccc(-c2ccc(C(=O)N3CCCC3)cc2)c2nncn12. The van der Waals surface area contributed by atoms with Crippen LogP contribution in [0.1, 0.15) is 28.8 Å².